The van der Waals surface area contributed by atoms with Crippen molar-refractivity contribution in [3.05, 3.63) is 72.9 Å². The minimum Gasteiger partial charge on any atom is -0.462 e. The number of rotatable bonds is 35. The van der Waals surface area contributed by atoms with E-state index in [4.69, 9.17) is 24.3 Å². The zero-order valence-corrected chi connectivity index (χ0v) is 32.7. The predicted octanol–water partition coefficient (Wildman–Crippen LogP) is 10.7. The molecule has 0 spiro atoms. The molecule has 0 aliphatic carbocycles. The van der Waals surface area contributed by atoms with Gasteiger partial charge in [-0.05, 0) is 70.6 Å². The Morgan fingerprint density at radius 1 is 0.588 bits per heavy atom. The van der Waals surface area contributed by atoms with Crippen LogP contribution in [0, 0.1) is 0 Å². The maximum atomic E-state index is 12.5. The first-order valence-corrected chi connectivity index (χ1v) is 20.9. The molecule has 0 saturated heterocycles. The minimum absolute atomic E-state index is 0.0377. The number of nitrogens with two attached hydrogens (primary N) is 1. The van der Waals surface area contributed by atoms with Gasteiger partial charge in [0.15, 0.2) is 6.10 Å². The fraction of sp³-hybridized carbons (Fsp3) is 0.659. The Morgan fingerprint density at radius 3 is 1.67 bits per heavy atom. The number of carbonyl (C=O) groups is 2. The third-order valence-corrected chi connectivity index (χ3v) is 8.56. The first-order chi connectivity index (χ1) is 24.8. The van der Waals surface area contributed by atoms with Gasteiger partial charge in [0.2, 0.25) is 0 Å². The standard InChI is InChI=1S/C41H70NO8P/c1-3-5-7-9-11-13-15-16-17-18-19-20-21-22-24-26-28-30-32-34-41(44)50-39(38-49-51(45,46)48-36-35-42)37-47-40(43)33-31-29-27-25-23-14-12-10-8-6-4-2/h10-13,16-17,19-20,22,24,28,30,39H,3-9,14-15,18,21,23,25-27,29,31-38,42H2,1-2H3,(H,45,46)/b12-10+,13-11+,17-16+,20-19+,24-22+,30-28+/t39-/m1/s1. The molecule has 9 nitrogen and oxygen atoms in total. The molecule has 292 valence electrons. The normalized spacial score (nSPS) is 14.2. The SMILES string of the molecule is CCCC/C=C/CCCCCCCC(=O)OC[C@H](COP(=O)(O)OCCN)OC(=O)CC/C=C/C/C=C/C/C=C/C/C=C/C/C=C/CCCCC. The first-order valence-electron chi connectivity index (χ1n) is 19.4. The van der Waals surface area contributed by atoms with Gasteiger partial charge < -0.3 is 20.1 Å². The molecule has 0 aliphatic rings. The second-order valence-electron chi connectivity index (χ2n) is 12.4. The van der Waals surface area contributed by atoms with E-state index in [9.17, 15) is 19.0 Å². The number of hydrogen-bond donors (Lipinski definition) is 2. The highest BCUT2D eigenvalue weighted by Gasteiger charge is 2.25. The van der Waals surface area contributed by atoms with Crippen molar-refractivity contribution in [2.24, 2.45) is 5.73 Å². The summed E-state index contributed by atoms with van der Waals surface area (Å²) in [5, 5.41) is 0. The minimum atomic E-state index is -4.40. The van der Waals surface area contributed by atoms with E-state index in [1.165, 1.54) is 38.5 Å². The Bertz CT molecular complexity index is 1070. The van der Waals surface area contributed by atoms with Crippen LogP contribution in [0.3, 0.4) is 0 Å². The summed E-state index contributed by atoms with van der Waals surface area (Å²) in [5.74, 6) is -0.945. The van der Waals surface area contributed by atoms with Crippen LogP contribution < -0.4 is 5.73 Å². The van der Waals surface area contributed by atoms with Crippen LogP contribution in [0.25, 0.3) is 0 Å². The fourth-order valence-corrected chi connectivity index (χ4v) is 5.42. The Labute approximate surface area is 310 Å². The van der Waals surface area contributed by atoms with Crippen molar-refractivity contribution in [3.63, 3.8) is 0 Å². The smallest absolute Gasteiger partial charge is 0.462 e. The van der Waals surface area contributed by atoms with E-state index in [2.05, 4.69) is 74.6 Å². The van der Waals surface area contributed by atoms with Crippen LogP contribution in [-0.4, -0.2) is 49.3 Å². The van der Waals surface area contributed by atoms with E-state index in [1.54, 1.807) is 0 Å². The van der Waals surface area contributed by atoms with Crippen molar-refractivity contribution in [1.82, 2.24) is 0 Å². The molecule has 0 heterocycles. The molecule has 0 fully saturated rings. The van der Waals surface area contributed by atoms with Crippen molar-refractivity contribution in [2.45, 2.75) is 148 Å². The van der Waals surface area contributed by atoms with Gasteiger partial charge >= 0.3 is 19.8 Å². The highest BCUT2D eigenvalue weighted by atomic mass is 31.2. The quantitative estimate of drug-likeness (QED) is 0.0282. The molecule has 10 heteroatoms. The molecule has 0 bridgehead atoms. The molecular formula is C41H70NO8P. The molecule has 0 aromatic heterocycles. The monoisotopic (exact) mass is 735 g/mol. The zero-order valence-electron chi connectivity index (χ0n) is 31.8. The lowest BCUT2D eigenvalue weighted by Crippen LogP contribution is -2.29. The van der Waals surface area contributed by atoms with Crippen molar-refractivity contribution >= 4 is 19.8 Å². The largest absolute Gasteiger partial charge is 0.472 e. The van der Waals surface area contributed by atoms with E-state index in [1.807, 2.05) is 12.2 Å². The van der Waals surface area contributed by atoms with Gasteiger partial charge in [-0.2, -0.15) is 0 Å². The van der Waals surface area contributed by atoms with Gasteiger partial charge in [0, 0.05) is 19.4 Å². The average Bonchev–Trinajstić information content (AvgIpc) is 3.11. The van der Waals surface area contributed by atoms with Crippen LogP contribution in [-0.2, 0) is 32.7 Å². The lowest BCUT2D eigenvalue weighted by Gasteiger charge is -2.19. The molecule has 3 N–H and O–H groups in total. The van der Waals surface area contributed by atoms with E-state index < -0.39 is 32.5 Å². The number of ether oxygens (including phenoxy) is 2. The molecule has 51 heavy (non-hydrogen) atoms. The number of esters is 2. The van der Waals surface area contributed by atoms with Gasteiger partial charge in [-0.15, -0.1) is 0 Å². The number of carbonyl (C=O) groups excluding carboxylic acids is 2. The fourth-order valence-electron chi connectivity index (χ4n) is 4.65. The second-order valence-corrected chi connectivity index (χ2v) is 13.9. The van der Waals surface area contributed by atoms with Gasteiger partial charge in [0.1, 0.15) is 6.61 Å². The van der Waals surface area contributed by atoms with Gasteiger partial charge in [-0.1, -0.05) is 132 Å². The molecule has 0 amide bonds. The predicted molar refractivity (Wildman–Crippen MR) is 210 cm³/mol. The molecular weight excluding hydrogens is 665 g/mol. The summed E-state index contributed by atoms with van der Waals surface area (Å²) in [6.45, 7) is 3.53. The molecule has 1 unspecified atom stereocenters. The van der Waals surface area contributed by atoms with Crippen molar-refractivity contribution in [3.8, 4) is 0 Å². The number of unbranched alkanes of at least 4 members (excludes halogenated alkanes) is 10. The Hall–Kier alpha value is -2.55. The number of allylic oxidation sites excluding steroid dienone is 12. The van der Waals surface area contributed by atoms with Crippen LogP contribution in [0.15, 0.2) is 72.9 Å². The third kappa shape index (κ3) is 37.0. The molecule has 0 aromatic rings. The van der Waals surface area contributed by atoms with Gasteiger partial charge in [0.05, 0.1) is 13.2 Å². The van der Waals surface area contributed by atoms with Gasteiger partial charge in [0.25, 0.3) is 0 Å². The lowest BCUT2D eigenvalue weighted by atomic mass is 10.1. The van der Waals surface area contributed by atoms with Crippen LogP contribution >= 0.6 is 7.82 Å². The van der Waals surface area contributed by atoms with Crippen LogP contribution in [0.4, 0.5) is 0 Å². The summed E-state index contributed by atoms with van der Waals surface area (Å²) < 4.78 is 32.5. The summed E-state index contributed by atoms with van der Waals surface area (Å²) >= 11 is 0. The highest BCUT2D eigenvalue weighted by Crippen LogP contribution is 2.43. The maximum absolute atomic E-state index is 12.5. The summed E-state index contributed by atoms with van der Waals surface area (Å²) in [4.78, 5) is 34.6. The highest BCUT2D eigenvalue weighted by molar-refractivity contribution is 7.47. The van der Waals surface area contributed by atoms with E-state index in [-0.39, 0.29) is 32.6 Å². The Morgan fingerprint density at radius 2 is 1.08 bits per heavy atom. The topological polar surface area (TPSA) is 134 Å². The van der Waals surface area contributed by atoms with Crippen LogP contribution in [0.5, 0.6) is 0 Å². The molecule has 2 atom stereocenters. The summed E-state index contributed by atoms with van der Waals surface area (Å²) in [6, 6.07) is 0. The maximum Gasteiger partial charge on any atom is 0.472 e. The zero-order chi connectivity index (χ0) is 37.5. The van der Waals surface area contributed by atoms with Gasteiger partial charge in [-0.3, -0.25) is 18.6 Å². The number of phosphoric ester groups is 1. The average molecular weight is 736 g/mol. The van der Waals surface area contributed by atoms with Crippen molar-refractivity contribution in [2.75, 3.05) is 26.4 Å². The van der Waals surface area contributed by atoms with Crippen molar-refractivity contribution < 1.29 is 37.6 Å². The molecule has 0 aromatic carbocycles. The molecule has 0 radical (unpaired) electrons. The molecule has 0 rings (SSSR count). The Balaban J connectivity index is 4.38. The number of phosphoric acid groups is 1. The van der Waals surface area contributed by atoms with E-state index in [0.717, 1.165) is 64.2 Å². The molecule has 0 saturated carbocycles. The van der Waals surface area contributed by atoms with Gasteiger partial charge in [-0.25, -0.2) is 4.57 Å². The lowest BCUT2D eigenvalue weighted by molar-refractivity contribution is -0.161. The Kier molecular flexibility index (Phi) is 35.4. The number of hydrogen-bond acceptors (Lipinski definition) is 8. The van der Waals surface area contributed by atoms with Crippen molar-refractivity contribution in [1.29, 1.82) is 0 Å². The van der Waals surface area contributed by atoms with Crippen LogP contribution in [0.2, 0.25) is 0 Å². The second kappa shape index (κ2) is 37.2. The van der Waals surface area contributed by atoms with E-state index in [0.29, 0.717) is 12.8 Å². The summed E-state index contributed by atoms with van der Waals surface area (Å²) in [6.07, 6.45) is 43.8. The third-order valence-electron chi connectivity index (χ3n) is 7.58. The molecule has 0 aliphatic heterocycles. The summed E-state index contributed by atoms with van der Waals surface area (Å²) in [5.41, 5.74) is 5.32. The first kappa shape index (κ1) is 48.5. The summed E-state index contributed by atoms with van der Waals surface area (Å²) in [7, 11) is -4.40. The van der Waals surface area contributed by atoms with E-state index >= 15 is 0 Å². The van der Waals surface area contributed by atoms with Crippen LogP contribution in [0.1, 0.15) is 142 Å².